The molecule has 0 fully saturated rings. The summed E-state index contributed by atoms with van der Waals surface area (Å²) in [5.41, 5.74) is 1.26. The van der Waals surface area contributed by atoms with Gasteiger partial charge in [0.05, 0.1) is 17.2 Å². The van der Waals surface area contributed by atoms with Gasteiger partial charge in [0.1, 0.15) is 10.8 Å². The van der Waals surface area contributed by atoms with E-state index in [1.807, 2.05) is 6.92 Å². The first-order valence-corrected chi connectivity index (χ1v) is 5.36. The first kappa shape index (κ1) is 10.3. The Bertz CT molecular complexity index is 481. The molecule has 2 aromatic rings. The molecule has 0 bridgehead atoms. The van der Waals surface area contributed by atoms with E-state index in [-0.39, 0.29) is 12.4 Å². The maximum atomic E-state index is 13.4. The van der Waals surface area contributed by atoms with Crippen LogP contribution in [0.4, 0.5) is 4.39 Å². The van der Waals surface area contributed by atoms with Gasteiger partial charge in [0.2, 0.25) is 0 Å². The van der Waals surface area contributed by atoms with Gasteiger partial charge >= 0.3 is 0 Å². The number of hydrogen-bond donors (Lipinski definition) is 1. The second kappa shape index (κ2) is 4.08. The minimum atomic E-state index is -0.282. The Labute approximate surface area is 91.0 Å². The van der Waals surface area contributed by atoms with Crippen LogP contribution in [0.15, 0.2) is 24.3 Å². The van der Waals surface area contributed by atoms with Gasteiger partial charge in [0, 0.05) is 5.56 Å². The number of benzene rings is 1. The standard InChI is InChI=1S/C11H10FNOS/c1-7-10(6-14)15-11(13-7)8-4-2-3-5-9(8)12/h2-5,14H,6H2,1H3. The molecule has 2 nitrogen and oxygen atoms in total. The first-order chi connectivity index (χ1) is 7.22. The quantitative estimate of drug-likeness (QED) is 0.849. The van der Waals surface area contributed by atoms with Crippen molar-refractivity contribution in [3.63, 3.8) is 0 Å². The molecule has 0 aliphatic rings. The maximum absolute atomic E-state index is 13.4. The summed E-state index contributed by atoms with van der Waals surface area (Å²) in [5, 5.41) is 9.64. The summed E-state index contributed by atoms with van der Waals surface area (Å²) in [5.74, 6) is -0.282. The predicted octanol–water partition coefficient (Wildman–Crippen LogP) is 2.75. The second-order valence-electron chi connectivity index (χ2n) is 3.17. The number of aryl methyl sites for hydroxylation is 1. The van der Waals surface area contributed by atoms with Crippen LogP contribution >= 0.6 is 11.3 Å². The summed E-state index contributed by atoms with van der Waals surface area (Å²) in [6.07, 6.45) is 0. The van der Waals surface area contributed by atoms with E-state index in [0.29, 0.717) is 10.6 Å². The lowest BCUT2D eigenvalue weighted by molar-refractivity contribution is 0.284. The molecule has 78 valence electrons. The molecule has 0 atom stereocenters. The minimum absolute atomic E-state index is 0.0437. The van der Waals surface area contributed by atoms with Crippen molar-refractivity contribution in [3.8, 4) is 10.6 Å². The second-order valence-corrected chi connectivity index (χ2v) is 4.25. The van der Waals surface area contributed by atoms with Crippen LogP contribution in [0.2, 0.25) is 0 Å². The molecule has 0 radical (unpaired) electrons. The summed E-state index contributed by atoms with van der Waals surface area (Å²) in [7, 11) is 0. The highest BCUT2D eigenvalue weighted by Crippen LogP contribution is 2.29. The zero-order valence-corrected chi connectivity index (χ0v) is 9.01. The number of halogens is 1. The molecule has 0 saturated carbocycles. The van der Waals surface area contributed by atoms with Crippen molar-refractivity contribution < 1.29 is 9.50 Å². The van der Waals surface area contributed by atoms with E-state index >= 15 is 0 Å². The zero-order chi connectivity index (χ0) is 10.8. The van der Waals surface area contributed by atoms with Gasteiger partial charge in [0.25, 0.3) is 0 Å². The van der Waals surface area contributed by atoms with E-state index in [2.05, 4.69) is 4.98 Å². The van der Waals surface area contributed by atoms with Crippen molar-refractivity contribution in [2.45, 2.75) is 13.5 Å². The number of hydrogen-bond acceptors (Lipinski definition) is 3. The van der Waals surface area contributed by atoms with Crippen molar-refractivity contribution in [1.29, 1.82) is 0 Å². The van der Waals surface area contributed by atoms with Crippen molar-refractivity contribution >= 4 is 11.3 Å². The Balaban J connectivity index is 2.50. The fourth-order valence-corrected chi connectivity index (χ4v) is 2.27. The highest BCUT2D eigenvalue weighted by molar-refractivity contribution is 7.15. The Hall–Kier alpha value is -1.26. The van der Waals surface area contributed by atoms with Gasteiger partial charge in [-0.15, -0.1) is 11.3 Å². The largest absolute Gasteiger partial charge is 0.391 e. The summed E-state index contributed by atoms with van der Waals surface area (Å²) in [6, 6.07) is 6.51. The Morgan fingerprint density at radius 2 is 2.13 bits per heavy atom. The van der Waals surface area contributed by atoms with E-state index in [1.54, 1.807) is 18.2 Å². The molecule has 1 N–H and O–H groups in total. The normalized spacial score (nSPS) is 10.6. The van der Waals surface area contributed by atoms with Gasteiger partial charge in [-0.05, 0) is 19.1 Å². The van der Waals surface area contributed by atoms with Crippen molar-refractivity contribution in [2.24, 2.45) is 0 Å². The van der Waals surface area contributed by atoms with Crippen LogP contribution in [0.3, 0.4) is 0 Å². The number of aliphatic hydroxyl groups excluding tert-OH is 1. The molecule has 1 aromatic carbocycles. The van der Waals surface area contributed by atoms with Crippen molar-refractivity contribution in [3.05, 3.63) is 40.7 Å². The van der Waals surface area contributed by atoms with Gasteiger partial charge in [-0.3, -0.25) is 0 Å². The van der Waals surface area contributed by atoms with Crippen LogP contribution < -0.4 is 0 Å². The van der Waals surface area contributed by atoms with Crippen LogP contribution in [0, 0.1) is 12.7 Å². The lowest BCUT2D eigenvalue weighted by atomic mass is 10.2. The van der Waals surface area contributed by atoms with Crippen molar-refractivity contribution in [2.75, 3.05) is 0 Å². The van der Waals surface area contributed by atoms with E-state index in [1.165, 1.54) is 17.4 Å². The lowest BCUT2D eigenvalue weighted by Gasteiger charge is -1.96. The smallest absolute Gasteiger partial charge is 0.133 e. The van der Waals surface area contributed by atoms with Gasteiger partial charge in [-0.25, -0.2) is 9.37 Å². The third kappa shape index (κ3) is 1.91. The molecule has 2 rings (SSSR count). The average molecular weight is 223 g/mol. The molecule has 1 aromatic heterocycles. The van der Waals surface area contributed by atoms with Gasteiger partial charge in [-0.1, -0.05) is 12.1 Å². The summed E-state index contributed by atoms with van der Waals surface area (Å²) in [6.45, 7) is 1.77. The Morgan fingerprint density at radius 1 is 1.40 bits per heavy atom. The third-order valence-corrected chi connectivity index (χ3v) is 3.32. The molecule has 0 saturated heterocycles. The molecule has 1 heterocycles. The number of rotatable bonds is 2. The number of aromatic nitrogens is 1. The SMILES string of the molecule is Cc1nc(-c2ccccc2F)sc1CO. The number of thiazole rings is 1. The molecule has 0 amide bonds. The van der Waals surface area contributed by atoms with E-state index in [4.69, 9.17) is 5.11 Å². The molecular weight excluding hydrogens is 213 g/mol. The number of nitrogens with zero attached hydrogens (tertiary/aromatic N) is 1. The van der Waals surface area contributed by atoms with Crippen LogP contribution in [0.25, 0.3) is 10.6 Å². The zero-order valence-electron chi connectivity index (χ0n) is 8.20. The highest BCUT2D eigenvalue weighted by Gasteiger charge is 2.11. The fraction of sp³-hybridized carbons (Fsp3) is 0.182. The van der Waals surface area contributed by atoms with E-state index in [9.17, 15) is 4.39 Å². The summed E-state index contributed by atoms with van der Waals surface area (Å²) in [4.78, 5) is 5.02. The monoisotopic (exact) mass is 223 g/mol. The minimum Gasteiger partial charge on any atom is -0.391 e. The first-order valence-electron chi connectivity index (χ1n) is 4.54. The Kier molecular flexibility index (Phi) is 2.79. The average Bonchev–Trinajstić information content (AvgIpc) is 2.60. The number of aliphatic hydroxyl groups is 1. The molecule has 0 unspecified atom stereocenters. The highest BCUT2D eigenvalue weighted by atomic mass is 32.1. The summed E-state index contributed by atoms with van der Waals surface area (Å²) < 4.78 is 13.4. The van der Waals surface area contributed by atoms with Gasteiger partial charge in [-0.2, -0.15) is 0 Å². The van der Waals surface area contributed by atoms with E-state index in [0.717, 1.165) is 10.6 Å². The molecular formula is C11H10FNOS. The topological polar surface area (TPSA) is 33.1 Å². The van der Waals surface area contributed by atoms with Gasteiger partial charge < -0.3 is 5.11 Å². The van der Waals surface area contributed by atoms with Crippen LogP contribution in [0.5, 0.6) is 0 Å². The molecule has 0 aliphatic heterocycles. The predicted molar refractivity (Wildman–Crippen MR) is 58.2 cm³/mol. The van der Waals surface area contributed by atoms with E-state index < -0.39 is 0 Å². The van der Waals surface area contributed by atoms with Crippen molar-refractivity contribution in [1.82, 2.24) is 4.98 Å². The molecule has 4 heteroatoms. The van der Waals surface area contributed by atoms with Crippen LogP contribution in [0.1, 0.15) is 10.6 Å². The lowest BCUT2D eigenvalue weighted by Crippen LogP contribution is -1.83. The van der Waals surface area contributed by atoms with Crippen LogP contribution in [-0.4, -0.2) is 10.1 Å². The molecule has 0 aliphatic carbocycles. The molecule has 0 spiro atoms. The molecule has 15 heavy (non-hydrogen) atoms. The van der Waals surface area contributed by atoms with Crippen LogP contribution in [-0.2, 0) is 6.61 Å². The van der Waals surface area contributed by atoms with Gasteiger partial charge in [0.15, 0.2) is 0 Å². The Morgan fingerprint density at radius 3 is 2.73 bits per heavy atom. The summed E-state index contributed by atoms with van der Waals surface area (Å²) >= 11 is 1.33. The maximum Gasteiger partial charge on any atom is 0.133 e. The fourth-order valence-electron chi connectivity index (χ4n) is 1.32. The third-order valence-electron chi connectivity index (χ3n) is 2.14.